The van der Waals surface area contributed by atoms with Crippen molar-refractivity contribution in [2.75, 3.05) is 18.2 Å². The van der Waals surface area contributed by atoms with Gasteiger partial charge in [0.25, 0.3) is 5.91 Å². The summed E-state index contributed by atoms with van der Waals surface area (Å²) in [6.45, 7) is 2.21. The lowest BCUT2D eigenvalue weighted by atomic mass is 9.82. The van der Waals surface area contributed by atoms with Gasteiger partial charge in [0.05, 0.1) is 28.4 Å². The van der Waals surface area contributed by atoms with Crippen molar-refractivity contribution in [1.29, 1.82) is 0 Å². The van der Waals surface area contributed by atoms with Crippen LogP contribution in [0.4, 0.5) is 5.69 Å². The molecule has 0 saturated carbocycles. The molecule has 4 aliphatic rings. The number of nitrogens with one attached hydrogen (secondary N) is 4. The van der Waals surface area contributed by atoms with E-state index in [0.717, 1.165) is 59.3 Å². The largest absolute Gasteiger partial charge is 0.369 e. The van der Waals surface area contributed by atoms with Crippen molar-refractivity contribution in [3.05, 3.63) is 62.1 Å². The molecule has 156 valence electrons. The Labute approximate surface area is 183 Å². The van der Waals surface area contributed by atoms with Crippen molar-refractivity contribution < 1.29 is 9.53 Å². The van der Waals surface area contributed by atoms with Crippen LogP contribution in [0, 0.1) is 0 Å². The zero-order chi connectivity index (χ0) is 20.3. The number of hydrazine groups is 2. The predicted octanol–water partition coefficient (Wildman–Crippen LogP) is 2.54. The Balaban J connectivity index is 1.26. The maximum absolute atomic E-state index is 12.0. The fourth-order valence-corrected chi connectivity index (χ4v) is 6.37. The van der Waals surface area contributed by atoms with Crippen LogP contribution in [0.5, 0.6) is 0 Å². The van der Waals surface area contributed by atoms with Crippen LogP contribution in [0.15, 0.2) is 36.2 Å². The predicted molar refractivity (Wildman–Crippen MR) is 116 cm³/mol. The minimum Gasteiger partial charge on any atom is -0.369 e. The van der Waals surface area contributed by atoms with Gasteiger partial charge in [-0.25, -0.2) is 0 Å². The van der Waals surface area contributed by atoms with Gasteiger partial charge in [0.2, 0.25) is 0 Å². The number of nitrogens with zero attached hydrogens (tertiary/aromatic N) is 1. The van der Waals surface area contributed by atoms with E-state index in [-0.39, 0.29) is 17.6 Å². The number of hydrogen-bond acceptors (Lipinski definition) is 7. The first-order valence-corrected chi connectivity index (χ1v) is 11.4. The second-order valence-electron chi connectivity index (χ2n) is 8.17. The van der Waals surface area contributed by atoms with Crippen LogP contribution in [0.3, 0.4) is 0 Å². The Hall–Kier alpha value is -2.10. The molecule has 0 bridgehead atoms. The monoisotopic (exact) mass is 443 g/mol. The molecule has 1 amide bonds. The van der Waals surface area contributed by atoms with E-state index in [1.54, 1.807) is 11.3 Å². The van der Waals surface area contributed by atoms with Crippen molar-refractivity contribution in [2.24, 2.45) is 0 Å². The molecule has 2 atom stereocenters. The van der Waals surface area contributed by atoms with Crippen LogP contribution >= 0.6 is 22.9 Å². The first kappa shape index (κ1) is 18.7. The smallest absolute Gasteiger partial charge is 0.251 e. The van der Waals surface area contributed by atoms with Gasteiger partial charge in [0.15, 0.2) is 0 Å². The minimum atomic E-state index is -0.275. The molecular weight excluding hydrogens is 422 g/mol. The average molecular weight is 444 g/mol. The third-order valence-corrected chi connectivity index (χ3v) is 7.91. The topological polar surface area (TPSA) is 77.7 Å². The Morgan fingerprint density at radius 2 is 2.20 bits per heavy atom. The quantitative estimate of drug-likeness (QED) is 0.571. The zero-order valence-corrected chi connectivity index (χ0v) is 17.8. The van der Waals surface area contributed by atoms with Gasteiger partial charge in [-0.2, -0.15) is 0 Å². The Bertz CT molecular complexity index is 1070. The summed E-state index contributed by atoms with van der Waals surface area (Å²) >= 11 is 7.99. The summed E-state index contributed by atoms with van der Waals surface area (Å²) in [5, 5.41) is 8.40. The molecule has 1 spiro atoms. The summed E-state index contributed by atoms with van der Waals surface area (Å²) in [7, 11) is 0. The summed E-state index contributed by atoms with van der Waals surface area (Å²) < 4.78 is 7.23. The molecule has 7 nitrogen and oxygen atoms in total. The van der Waals surface area contributed by atoms with Crippen molar-refractivity contribution >= 4 is 34.5 Å². The number of piperidine rings is 1. The highest BCUT2D eigenvalue weighted by Crippen LogP contribution is 2.47. The van der Waals surface area contributed by atoms with E-state index >= 15 is 0 Å². The summed E-state index contributed by atoms with van der Waals surface area (Å²) in [6, 6.07) is 8.17. The van der Waals surface area contributed by atoms with Crippen molar-refractivity contribution in [1.82, 2.24) is 21.6 Å². The third-order valence-electron chi connectivity index (χ3n) is 6.42. The molecule has 4 aliphatic heterocycles. The Morgan fingerprint density at radius 1 is 1.27 bits per heavy atom. The standard InChI is InChI=1S/C21H22ClN5O2S/c22-18-7-12-3-6-29-21(19(12)30-18)4-5-23-16(9-21)17-11-27(26-25-17)14-2-1-13-10-24-20(28)15(13)8-14/h1-2,7-8,11,16,23,25-26H,3-6,9-10H2,(H,24,28)/t16-,21-/m0/s1. The number of carbonyl (C=O) groups excluding carboxylic acids is 1. The Morgan fingerprint density at radius 3 is 3.13 bits per heavy atom. The first-order valence-electron chi connectivity index (χ1n) is 10.2. The van der Waals surface area contributed by atoms with Crippen molar-refractivity contribution in [2.45, 2.75) is 37.5 Å². The normalized spacial score (nSPS) is 27.5. The molecule has 0 unspecified atom stereocenters. The van der Waals surface area contributed by atoms with Crippen LogP contribution in [0.2, 0.25) is 4.34 Å². The van der Waals surface area contributed by atoms with Gasteiger partial charge >= 0.3 is 0 Å². The fraction of sp³-hybridized carbons (Fsp3) is 0.381. The second-order valence-corrected chi connectivity index (χ2v) is 9.86. The number of halogens is 1. The van der Waals surface area contributed by atoms with Crippen LogP contribution in [-0.4, -0.2) is 25.1 Å². The number of amides is 1. The molecule has 1 saturated heterocycles. The van der Waals surface area contributed by atoms with E-state index < -0.39 is 0 Å². The van der Waals surface area contributed by atoms with Gasteiger partial charge in [-0.1, -0.05) is 17.7 Å². The van der Waals surface area contributed by atoms with E-state index in [9.17, 15) is 4.79 Å². The van der Waals surface area contributed by atoms with E-state index in [1.165, 1.54) is 10.4 Å². The average Bonchev–Trinajstić information content (AvgIpc) is 3.47. The Kier molecular flexibility index (Phi) is 4.33. The first-order chi connectivity index (χ1) is 14.6. The highest BCUT2D eigenvalue weighted by Gasteiger charge is 2.45. The SMILES string of the molecule is O=C1NCc2ccc(N3C=C([C@@H]4C[C@]5(CCN4)OCCc4cc(Cl)sc45)NN3)cc21. The van der Waals surface area contributed by atoms with Gasteiger partial charge < -0.3 is 20.8 Å². The highest BCUT2D eigenvalue weighted by molar-refractivity contribution is 7.16. The number of carbonyl (C=O) groups is 1. The lowest BCUT2D eigenvalue weighted by Gasteiger charge is -2.43. The second kappa shape index (κ2) is 6.96. The molecule has 6 rings (SSSR count). The summed E-state index contributed by atoms with van der Waals surface area (Å²) in [5.41, 5.74) is 11.3. The van der Waals surface area contributed by atoms with E-state index in [0.29, 0.717) is 6.54 Å². The summed E-state index contributed by atoms with van der Waals surface area (Å²) in [5.74, 6) is -0.0149. The minimum absolute atomic E-state index is 0.0149. The van der Waals surface area contributed by atoms with Crippen LogP contribution in [-0.2, 0) is 23.3 Å². The highest BCUT2D eigenvalue weighted by atomic mass is 35.5. The number of anilines is 1. The number of benzene rings is 1. The number of ether oxygens (including phenoxy) is 1. The summed E-state index contributed by atoms with van der Waals surface area (Å²) in [6.07, 6.45) is 4.77. The number of hydrogen-bond donors (Lipinski definition) is 4. The number of rotatable bonds is 2. The van der Waals surface area contributed by atoms with Gasteiger partial charge in [-0.3, -0.25) is 9.80 Å². The molecule has 0 radical (unpaired) electrons. The number of thiophene rings is 1. The lowest BCUT2D eigenvalue weighted by molar-refractivity contribution is -0.0839. The molecule has 30 heavy (non-hydrogen) atoms. The van der Waals surface area contributed by atoms with E-state index in [2.05, 4.69) is 33.9 Å². The molecule has 1 aromatic carbocycles. The lowest BCUT2D eigenvalue weighted by Crippen LogP contribution is -2.51. The molecule has 0 aliphatic carbocycles. The van der Waals surface area contributed by atoms with Crippen LogP contribution in [0.1, 0.15) is 39.2 Å². The van der Waals surface area contributed by atoms with Crippen molar-refractivity contribution in [3.8, 4) is 0 Å². The molecule has 1 fully saturated rings. The van der Waals surface area contributed by atoms with Crippen molar-refractivity contribution in [3.63, 3.8) is 0 Å². The molecule has 9 heteroatoms. The molecule has 5 heterocycles. The van der Waals surface area contributed by atoms with Gasteiger partial charge in [-0.15, -0.1) is 16.9 Å². The maximum Gasteiger partial charge on any atom is 0.251 e. The third kappa shape index (κ3) is 2.94. The van der Waals surface area contributed by atoms with Gasteiger partial charge in [-0.05, 0) is 48.7 Å². The summed E-state index contributed by atoms with van der Waals surface area (Å²) in [4.78, 5) is 13.3. The molecule has 4 N–H and O–H groups in total. The van der Waals surface area contributed by atoms with Crippen LogP contribution < -0.4 is 26.6 Å². The van der Waals surface area contributed by atoms with Gasteiger partial charge in [0, 0.05) is 29.6 Å². The molecule has 1 aromatic heterocycles. The fourth-order valence-electron chi connectivity index (χ4n) is 4.89. The van der Waals surface area contributed by atoms with E-state index in [1.807, 2.05) is 23.2 Å². The molecular formula is C21H22ClN5O2S. The molecule has 2 aromatic rings. The maximum atomic E-state index is 12.0. The van der Waals surface area contributed by atoms with Crippen LogP contribution in [0.25, 0.3) is 0 Å². The zero-order valence-electron chi connectivity index (χ0n) is 16.3. The van der Waals surface area contributed by atoms with Gasteiger partial charge in [0.1, 0.15) is 5.60 Å². The van der Waals surface area contributed by atoms with E-state index in [4.69, 9.17) is 16.3 Å². The number of fused-ring (bicyclic) bond motifs is 3.